The molecule has 0 aliphatic rings. The van der Waals surface area contributed by atoms with Crippen LogP contribution in [0.1, 0.15) is 45.1 Å². The van der Waals surface area contributed by atoms with Crippen molar-refractivity contribution in [2.45, 2.75) is 46.0 Å². The molecule has 0 saturated carbocycles. The number of aromatic nitrogens is 1. The van der Waals surface area contributed by atoms with E-state index < -0.39 is 7.82 Å². The lowest BCUT2D eigenvalue weighted by Gasteiger charge is -2.20. The van der Waals surface area contributed by atoms with Gasteiger partial charge in [-0.3, -0.25) is 0 Å². The van der Waals surface area contributed by atoms with E-state index >= 15 is 0 Å². The zero-order chi connectivity index (χ0) is 24.4. The number of nitrogens with zero attached hydrogens (tertiary/aromatic N) is 2. The quantitative estimate of drug-likeness (QED) is 0.234. The van der Waals surface area contributed by atoms with Gasteiger partial charge in [-0.1, -0.05) is 69.9 Å². The third-order valence-corrected chi connectivity index (χ3v) is 6.89. The van der Waals surface area contributed by atoms with Crippen LogP contribution in [0.2, 0.25) is 0 Å². The second kappa shape index (κ2) is 12.5. The molecule has 182 valence electrons. The molecule has 6 nitrogen and oxygen atoms in total. The van der Waals surface area contributed by atoms with Crippen LogP contribution >= 0.6 is 7.82 Å². The number of phosphoric ester groups is 1. The van der Waals surface area contributed by atoms with E-state index in [2.05, 4.69) is 18.8 Å². The summed E-state index contributed by atoms with van der Waals surface area (Å²) < 4.78 is 31.0. The van der Waals surface area contributed by atoms with Crippen LogP contribution in [-0.4, -0.2) is 19.1 Å². The largest absolute Gasteiger partial charge is 0.648 e. The van der Waals surface area contributed by atoms with Gasteiger partial charge in [0.05, 0.1) is 0 Å². The molecule has 2 atom stereocenters. The molecule has 0 aliphatic heterocycles. The summed E-state index contributed by atoms with van der Waals surface area (Å²) in [6, 6.07) is 20.0. The summed E-state index contributed by atoms with van der Waals surface area (Å²) in [5.74, 6) is 1.61. The van der Waals surface area contributed by atoms with Crippen molar-refractivity contribution < 1.29 is 18.1 Å². The zero-order valence-corrected chi connectivity index (χ0v) is 21.4. The van der Waals surface area contributed by atoms with Crippen molar-refractivity contribution in [2.75, 3.05) is 19.0 Å². The van der Waals surface area contributed by atoms with Crippen LogP contribution in [0.3, 0.4) is 0 Å². The second-order valence-corrected chi connectivity index (χ2v) is 9.99. The molecule has 0 amide bonds. The van der Waals surface area contributed by atoms with Crippen molar-refractivity contribution in [2.24, 2.45) is 5.92 Å². The van der Waals surface area contributed by atoms with Crippen molar-refractivity contribution in [3.05, 3.63) is 78.5 Å². The molecular weight excluding hydrogens is 447 g/mol. The molecule has 34 heavy (non-hydrogen) atoms. The summed E-state index contributed by atoms with van der Waals surface area (Å²) in [7, 11) is -0.269. The maximum atomic E-state index is 13.7. The first kappa shape index (κ1) is 25.6. The van der Waals surface area contributed by atoms with Gasteiger partial charge in [-0.15, -0.1) is 0 Å². The highest BCUT2D eigenvalue weighted by Crippen LogP contribution is 2.49. The Morgan fingerprint density at radius 3 is 2.21 bits per heavy atom. The first-order chi connectivity index (χ1) is 16.4. The molecule has 2 aromatic carbocycles. The molecule has 2 unspecified atom stereocenters. The van der Waals surface area contributed by atoms with E-state index in [1.54, 1.807) is 36.5 Å². The second-order valence-electron chi connectivity index (χ2n) is 8.55. The molecule has 1 aromatic heterocycles. The number of phosphoric acid groups is 1. The maximum absolute atomic E-state index is 13.7. The van der Waals surface area contributed by atoms with Gasteiger partial charge in [0.15, 0.2) is 0 Å². The van der Waals surface area contributed by atoms with Gasteiger partial charge in [0.1, 0.15) is 11.5 Å². The zero-order valence-electron chi connectivity index (χ0n) is 20.5. The molecular formula is C27H35N2O4P. The Labute approximate surface area is 203 Å². The number of para-hydroxylation sites is 1. The number of anilines is 1. The van der Waals surface area contributed by atoms with Crippen molar-refractivity contribution in [3.63, 3.8) is 0 Å². The number of hydrogen-bond donors (Lipinski definition) is 0. The van der Waals surface area contributed by atoms with E-state index in [1.165, 1.54) is 24.8 Å². The van der Waals surface area contributed by atoms with Gasteiger partial charge in [0.2, 0.25) is 5.88 Å². The first-order valence-electron chi connectivity index (χ1n) is 11.9. The third-order valence-electron chi connectivity index (χ3n) is 5.61. The standard InChI is InChI=1S/C27H35N2O4P/c1-5-7-11-22(6-2)20-23-14-16-26(17-15-23)32-34(30,31-25-12-9-8-10-13-25)33-27-21-24(29(3)4)18-19-28-27/h8-10,12-19,21-22H,5-7,11,20H2,1-4H3. The average molecular weight is 483 g/mol. The summed E-state index contributed by atoms with van der Waals surface area (Å²) in [6.45, 7) is 4.47. The van der Waals surface area contributed by atoms with Gasteiger partial charge in [-0.2, -0.15) is 4.57 Å². The molecule has 3 aromatic rings. The fourth-order valence-corrected chi connectivity index (χ4v) is 4.80. The van der Waals surface area contributed by atoms with E-state index in [4.69, 9.17) is 13.6 Å². The number of unbranched alkanes of at least 4 members (excludes halogenated alkanes) is 1. The van der Waals surface area contributed by atoms with Gasteiger partial charge >= 0.3 is 7.82 Å². The predicted molar refractivity (Wildman–Crippen MR) is 138 cm³/mol. The van der Waals surface area contributed by atoms with Crippen LogP contribution in [0.5, 0.6) is 17.4 Å². The maximum Gasteiger partial charge on any atom is 0.648 e. The minimum Gasteiger partial charge on any atom is -0.386 e. The molecule has 0 spiro atoms. The SMILES string of the molecule is CCCCC(CC)Cc1ccc(OP(=O)(Oc2ccccc2)Oc2cc(N(C)C)ccn2)cc1. The topological polar surface area (TPSA) is 60.9 Å². The van der Waals surface area contributed by atoms with Crippen LogP contribution in [-0.2, 0) is 11.0 Å². The van der Waals surface area contributed by atoms with E-state index in [0.717, 1.165) is 18.5 Å². The Balaban J connectivity index is 1.78. The number of hydrogen-bond acceptors (Lipinski definition) is 6. The minimum atomic E-state index is -4.08. The van der Waals surface area contributed by atoms with Crippen LogP contribution in [0, 0.1) is 5.92 Å². The Morgan fingerprint density at radius 1 is 0.912 bits per heavy atom. The summed E-state index contributed by atoms with van der Waals surface area (Å²) in [4.78, 5) is 6.09. The summed E-state index contributed by atoms with van der Waals surface area (Å²) in [6.07, 6.45) is 7.47. The molecule has 0 aliphatic carbocycles. The van der Waals surface area contributed by atoms with Crippen molar-refractivity contribution in [3.8, 4) is 17.4 Å². The van der Waals surface area contributed by atoms with Gasteiger partial charge < -0.3 is 18.5 Å². The molecule has 0 bridgehead atoms. The van der Waals surface area contributed by atoms with Crippen molar-refractivity contribution >= 4 is 13.5 Å². The monoisotopic (exact) mass is 482 g/mol. The molecule has 1 heterocycles. The van der Waals surface area contributed by atoms with Crippen LogP contribution < -0.4 is 18.5 Å². The Hall–Kier alpha value is -2.98. The Bertz CT molecular complexity index is 1060. The Morgan fingerprint density at radius 2 is 1.59 bits per heavy atom. The van der Waals surface area contributed by atoms with Gasteiger partial charge in [-0.25, -0.2) is 4.98 Å². The normalized spacial score (nSPS) is 13.5. The molecule has 0 saturated heterocycles. The predicted octanol–water partition coefficient (Wildman–Crippen LogP) is 7.55. The first-order valence-corrected chi connectivity index (χ1v) is 13.3. The molecule has 3 rings (SSSR count). The molecule has 7 heteroatoms. The lowest BCUT2D eigenvalue weighted by Crippen LogP contribution is -2.11. The minimum absolute atomic E-state index is 0.156. The molecule has 0 N–H and O–H groups in total. The van der Waals surface area contributed by atoms with Crippen LogP contribution in [0.15, 0.2) is 72.9 Å². The number of benzene rings is 2. The van der Waals surface area contributed by atoms with E-state index in [0.29, 0.717) is 17.4 Å². The van der Waals surface area contributed by atoms with Crippen molar-refractivity contribution in [1.29, 1.82) is 0 Å². The highest BCUT2D eigenvalue weighted by Gasteiger charge is 2.34. The number of pyridine rings is 1. The number of rotatable bonds is 13. The Kier molecular flexibility index (Phi) is 9.41. The molecule has 0 fully saturated rings. The van der Waals surface area contributed by atoms with E-state index in [9.17, 15) is 4.57 Å². The lowest BCUT2D eigenvalue weighted by atomic mass is 9.92. The summed E-state index contributed by atoms with van der Waals surface area (Å²) in [5, 5.41) is 0. The average Bonchev–Trinajstić information content (AvgIpc) is 2.83. The fourth-order valence-electron chi connectivity index (χ4n) is 3.60. The smallest absolute Gasteiger partial charge is 0.386 e. The highest BCUT2D eigenvalue weighted by molar-refractivity contribution is 7.49. The summed E-state index contributed by atoms with van der Waals surface area (Å²) >= 11 is 0. The van der Waals surface area contributed by atoms with Gasteiger partial charge in [-0.05, 0) is 48.2 Å². The summed E-state index contributed by atoms with van der Waals surface area (Å²) in [5.41, 5.74) is 2.09. The van der Waals surface area contributed by atoms with Crippen LogP contribution in [0.4, 0.5) is 5.69 Å². The highest BCUT2D eigenvalue weighted by atomic mass is 31.2. The van der Waals surface area contributed by atoms with Crippen molar-refractivity contribution in [1.82, 2.24) is 4.98 Å². The fraction of sp³-hybridized carbons (Fsp3) is 0.370. The third kappa shape index (κ3) is 7.81. The van der Waals surface area contributed by atoms with Gasteiger partial charge in [0, 0.05) is 32.0 Å². The van der Waals surface area contributed by atoms with Crippen LogP contribution in [0.25, 0.3) is 0 Å². The lowest BCUT2D eigenvalue weighted by molar-refractivity contribution is 0.294. The molecule has 0 radical (unpaired) electrons. The van der Waals surface area contributed by atoms with Gasteiger partial charge in [0.25, 0.3) is 0 Å². The van der Waals surface area contributed by atoms with E-state index in [1.807, 2.05) is 55.4 Å². The van der Waals surface area contributed by atoms with E-state index in [-0.39, 0.29) is 5.88 Å².